The molecular formula is C43H44F3N5O2. The number of halogens is 3. The average Bonchev–Trinajstić information content (AvgIpc) is 3.51. The quantitative estimate of drug-likeness (QED) is 0.127. The summed E-state index contributed by atoms with van der Waals surface area (Å²) in [5, 5.41) is 10.9. The highest BCUT2D eigenvalue weighted by Crippen LogP contribution is 2.34. The molecule has 10 heteroatoms. The third-order valence-corrected chi connectivity index (χ3v) is 9.67. The van der Waals surface area contributed by atoms with Gasteiger partial charge in [0.15, 0.2) is 5.82 Å². The molecule has 53 heavy (non-hydrogen) atoms. The second kappa shape index (κ2) is 16.9. The molecule has 1 N–H and O–H groups in total. The first-order chi connectivity index (χ1) is 25.8. The number of aryl methyl sites for hydroxylation is 1. The molecule has 0 amide bonds. The van der Waals surface area contributed by atoms with Crippen LogP contribution in [-0.4, -0.2) is 29.6 Å². The van der Waals surface area contributed by atoms with Crippen molar-refractivity contribution >= 4 is 16.8 Å². The summed E-state index contributed by atoms with van der Waals surface area (Å²) in [6, 6.07) is 19.1. The molecular weight excluding hydrogens is 675 g/mol. The summed E-state index contributed by atoms with van der Waals surface area (Å²) in [5.74, 6) is 0.256. The highest BCUT2D eigenvalue weighted by Gasteiger charge is 2.20. The number of ether oxygens (including phenoxy) is 1. The van der Waals surface area contributed by atoms with E-state index >= 15 is 8.78 Å². The maximum absolute atomic E-state index is 15.8. The van der Waals surface area contributed by atoms with Crippen molar-refractivity contribution in [3.63, 3.8) is 0 Å². The molecule has 0 spiro atoms. The molecule has 1 unspecified atom stereocenters. The van der Waals surface area contributed by atoms with Crippen molar-refractivity contribution < 1.29 is 23.0 Å². The summed E-state index contributed by atoms with van der Waals surface area (Å²) in [7, 11) is 0. The van der Waals surface area contributed by atoms with Crippen LogP contribution in [0.4, 0.5) is 13.2 Å². The van der Waals surface area contributed by atoms with Gasteiger partial charge in [0.05, 0.1) is 16.7 Å². The van der Waals surface area contributed by atoms with E-state index in [2.05, 4.69) is 33.4 Å². The molecule has 0 bridgehead atoms. The second-order valence-corrected chi connectivity index (χ2v) is 13.1. The van der Waals surface area contributed by atoms with Gasteiger partial charge in [-0.3, -0.25) is 0 Å². The van der Waals surface area contributed by atoms with Gasteiger partial charge in [0.2, 0.25) is 5.88 Å². The number of aliphatic hydroxyl groups is 1. The molecule has 1 aliphatic carbocycles. The van der Waals surface area contributed by atoms with Crippen LogP contribution < -0.4 is 4.74 Å². The normalized spacial score (nSPS) is 12.9. The van der Waals surface area contributed by atoms with E-state index in [1.54, 1.807) is 48.8 Å². The van der Waals surface area contributed by atoms with E-state index in [9.17, 15) is 9.50 Å². The highest BCUT2D eigenvalue weighted by atomic mass is 19.1. The fraction of sp³-hybridized carbons (Fsp3) is 0.302. The summed E-state index contributed by atoms with van der Waals surface area (Å²) in [5.41, 5.74) is 4.56. The van der Waals surface area contributed by atoms with E-state index in [4.69, 9.17) is 9.72 Å². The molecule has 0 saturated heterocycles. The van der Waals surface area contributed by atoms with Crippen LogP contribution in [0.2, 0.25) is 0 Å². The first kappa shape index (κ1) is 37.3. The van der Waals surface area contributed by atoms with Gasteiger partial charge in [-0.1, -0.05) is 52.3 Å². The van der Waals surface area contributed by atoms with E-state index in [-0.39, 0.29) is 35.7 Å². The predicted molar refractivity (Wildman–Crippen MR) is 203 cm³/mol. The fourth-order valence-electron chi connectivity index (χ4n) is 6.19. The minimum Gasteiger partial charge on any atom is -0.507 e. The van der Waals surface area contributed by atoms with E-state index in [0.29, 0.717) is 41.0 Å². The number of aliphatic hydroxyl groups excluding tert-OH is 1. The predicted octanol–water partition coefficient (Wildman–Crippen LogP) is 11.1. The molecule has 274 valence electrons. The van der Waals surface area contributed by atoms with Crippen LogP contribution in [0.5, 0.6) is 5.88 Å². The molecule has 3 heterocycles. The zero-order valence-corrected chi connectivity index (χ0v) is 30.5. The van der Waals surface area contributed by atoms with Crippen molar-refractivity contribution in [2.24, 2.45) is 5.92 Å². The molecule has 1 aliphatic rings. The summed E-state index contributed by atoms with van der Waals surface area (Å²) in [4.78, 5) is 17.5. The van der Waals surface area contributed by atoms with Gasteiger partial charge < -0.3 is 14.4 Å². The van der Waals surface area contributed by atoms with E-state index in [1.165, 1.54) is 12.1 Å². The van der Waals surface area contributed by atoms with Gasteiger partial charge in [-0.05, 0) is 91.3 Å². The van der Waals surface area contributed by atoms with Crippen LogP contribution in [0.25, 0.3) is 39.4 Å². The van der Waals surface area contributed by atoms with E-state index in [0.717, 1.165) is 60.3 Å². The number of fused-ring (bicyclic) bond motifs is 1. The minimum absolute atomic E-state index is 0.0190. The smallest absolute Gasteiger partial charge is 0.214 e. The van der Waals surface area contributed by atoms with E-state index in [1.807, 2.05) is 32.0 Å². The number of hydrogen-bond donors (Lipinski definition) is 1. The lowest BCUT2D eigenvalue weighted by molar-refractivity contribution is 0.288. The molecule has 1 atom stereocenters. The Balaban J connectivity index is 0.00000236. The lowest BCUT2D eigenvalue weighted by Crippen LogP contribution is -2.09. The van der Waals surface area contributed by atoms with Crippen LogP contribution in [0.3, 0.4) is 0 Å². The SMILES string of the molecule is CC.CCC(C)CCn1c(Cc2cc(F)c(-c3cccc(OCc4ccc(-c5ncccn5)cc4F)n3)cc2F)nc2ccc(C(O)=C3CCC3)cc21. The van der Waals surface area contributed by atoms with Crippen molar-refractivity contribution in [1.29, 1.82) is 0 Å². The first-order valence-electron chi connectivity index (χ1n) is 18.3. The maximum Gasteiger partial charge on any atom is 0.214 e. The Labute approximate surface area is 308 Å². The average molecular weight is 720 g/mol. The van der Waals surface area contributed by atoms with Gasteiger partial charge >= 0.3 is 0 Å². The molecule has 1 fully saturated rings. The Morgan fingerprint density at radius 1 is 0.868 bits per heavy atom. The number of pyridine rings is 1. The Kier molecular flexibility index (Phi) is 11.9. The monoisotopic (exact) mass is 719 g/mol. The Morgan fingerprint density at radius 3 is 2.36 bits per heavy atom. The number of nitrogens with zero attached hydrogens (tertiary/aromatic N) is 5. The van der Waals surface area contributed by atoms with Crippen LogP contribution in [0.1, 0.15) is 82.3 Å². The van der Waals surface area contributed by atoms with E-state index < -0.39 is 17.5 Å². The standard InChI is InChI=1S/C41H38F3N5O2.C2H6/c1-3-25(2)15-18-49-37-21-27(40(50)26-7-4-8-26)13-14-36(37)47-38(49)22-30-20-34(44)31(23-33(30)43)35-9-5-10-39(48-35)51-24-29-12-11-28(19-32(29)42)41-45-16-6-17-46-41;1-2/h5-6,9-14,16-17,19-21,23,25,50H,3-4,7-8,15,18,22,24H2,1-2H3;1-2H3. The van der Waals surface area contributed by atoms with Gasteiger partial charge in [-0.25, -0.2) is 33.1 Å². The highest BCUT2D eigenvalue weighted by molar-refractivity contribution is 5.81. The molecule has 0 radical (unpaired) electrons. The zero-order valence-electron chi connectivity index (χ0n) is 30.5. The van der Waals surface area contributed by atoms with Crippen LogP contribution in [0, 0.1) is 23.4 Å². The third kappa shape index (κ3) is 8.43. The maximum atomic E-state index is 15.8. The number of aromatic nitrogens is 5. The number of benzene rings is 3. The topological polar surface area (TPSA) is 86.0 Å². The number of rotatable bonds is 12. The van der Waals surface area contributed by atoms with Gasteiger partial charge in [0.1, 0.15) is 35.6 Å². The molecule has 3 aromatic heterocycles. The minimum atomic E-state index is -0.637. The number of imidazole rings is 1. The van der Waals surface area contributed by atoms with Gasteiger partial charge in [0, 0.05) is 53.7 Å². The second-order valence-electron chi connectivity index (χ2n) is 13.1. The number of hydrogen-bond acceptors (Lipinski definition) is 6. The van der Waals surface area contributed by atoms with Crippen molar-refractivity contribution in [2.75, 3.05) is 0 Å². The lowest BCUT2D eigenvalue weighted by atomic mass is 9.89. The van der Waals surface area contributed by atoms with Crippen LogP contribution in [0.15, 0.2) is 90.8 Å². The molecule has 7 rings (SSSR count). The van der Waals surface area contributed by atoms with Crippen molar-refractivity contribution in [1.82, 2.24) is 24.5 Å². The Hall–Kier alpha value is -5.51. The summed E-state index contributed by atoms with van der Waals surface area (Å²) < 4.78 is 54.2. The Morgan fingerprint density at radius 2 is 1.64 bits per heavy atom. The van der Waals surface area contributed by atoms with Gasteiger partial charge in [-0.2, -0.15) is 0 Å². The third-order valence-electron chi connectivity index (χ3n) is 9.67. The van der Waals surface area contributed by atoms with Crippen molar-refractivity contribution in [3.05, 3.63) is 131 Å². The first-order valence-corrected chi connectivity index (χ1v) is 18.3. The summed E-state index contributed by atoms with van der Waals surface area (Å²) in [6.07, 6.45) is 8.05. The molecule has 0 aliphatic heterocycles. The van der Waals surface area contributed by atoms with Crippen LogP contribution >= 0.6 is 0 Å². The summed E-state index contributed by atoms with van der Waals surface area (Å²) in [6.45, 7) is 8.88. The molecule has 1 saturated carbocycles. The Bertz CT molecular complexity index is 2230. The molecule has 6 aromatic rings. The lowest BCUT2D eigenvalue weighted by Gasteiger charge is -2.18. The van der Waals surface area contributed by atoms with Crippen molar-refractivity contribution in [3.8, 4) is 28.5 Å². The van der Waals surface area contributed by atoms with Gasteiger partial charge in [-0.15, -0.1) is 0 Å². The van der Waals surface area contributed by atoms with Gasteiger partial charge in [0.25, 0.3) is 0 Å². The zero-order chi connectivity index (χ0) is 37.5. The number of allylic oxidation sites excluding steroid dienone is 1. The fourth-order valence-corrected chi connectivity index (χ4v) is 6.19. The van der Waals surface area contributed by atoms with Crippen LogP contribution in [-0.2, 0) is 19.6 Å². The molecule has 3 aromatic carbocycles. The van der Waals surface area contributed by atoms with Crippen molar-refractivity contribution in [2.45, 2.75) is 79.4 Å². The molecule has 7 nitrogen and oxygen atoms in total. The largest absolute Gasteiger partial charge is 0.507 e. The summed E-state index contributed by atoms with van der Waals surface area (Å²) >= 11 is 0.